The second-order valence-electron chi connectivity index (χ2n) is 4.26. The minimum atomic E-state index is -4.41. The highest BCUT2D eigenvalue weighted by Crippen LogP contribution is 2.34. The van der Waals surface area contributed by atoms with Crippen LogP contribution in [0.2, 0.25) is 0 Å². The topological polar surface area (TPSA) is 55.1 Å². The number of aromatic nitrogens is 1. The van der Waals surface area contributed by atoms with Crippen molar-refractivity contribution in [1.29, 1.82) is 0 Å². The predicted molar refractivity (Wildman–Crippen MR) is 79.0 cm³/mol. The van der Waals surface area contributed by atoms with Crippen molar-refractivity contribution in [3.05, 3.63) is 46.3 Å². The van der Waals surface area contributed by atoms with Gasteiger partial charge in [0.1, 0.15) is 0 Å². The zero-order valence-electron chi connectivity index (χ0n) is 10.6. The Hall–Kier alpha value is -1.87. The number of anilines is 1. The van der Waals surface area contributed by atoms with Gasteiger partial charge in [0.15, 0.2) is 15.6 Å². The van der Waals surface area contributed by atoms with E-state index in [4.69, 9.17) is 4.42 Å². The average Bonchev–Trinajstić information content (AvgIpc) is 3.02. The summed E-state index contributed by atoms with van der Waals surface area (Å²) in [7, 11) is 0. The van der Waals surface area contributed by atoms with Gasteiger partial charge in [-0.3, -0.25) is 10.1 Å². The molecule has 22 heavy (non-hydrogen) atoms. The largest absolute Gasteiger partial charge is 0.444 e. The van der Waals surface area contributed by atoms with Crippen LogP contribution in [0.1, 0.15) is 16.1 Å². The molecule has 0 unspecified atom stereocenters. The first-order valence-corrected chi connectivity index (χ1v) is 7.48. The van der Waals surface area contributed by atoms with Crippen molar-refractivity contribution in [2.24, 2.45) is 0 Å². The molecule has 1 aromatic carbocycles. The number of carbonyl (C=O) groups excluding carboxylic acids is 1. The number of amides is 1. The minimum absolute atomic E-state index is 0.0714. The van der Waals surface area contributed by atoms with Gasteiger partial charge in [0.05, 0.1) is 15.8 Å². The van der Waals surface area contributed by atoms with E-state index in [2.05, 4.69) is 26.2 Å². The minimum Gasteiger partial charge on any atom is -0.444 e. The number of alkyl halides is 3. The Morgan fingerprint density at radius 3 is 2.68 bits per heavy atom. The number of fused-ring (bicyclic) bond motifs is 1. The van der Waals surface area contributed by atoms with E-state index in [1.54, 1.807) is 6.07 Å². The smallest absolute Gasteiger partial charge is 0.416 e. The molecule has 2 heterocycles. The molecule has 1 N–H and O–H groups in total. The standard InChI is InChI=1S/C13H6BrF3N2O2S/c14-10-4-3-8(21-10)11(20)19-12-18-7-2-1-6(13(15,16)17)5-9(7)22-12/h1-5H,(H,18,19,20). The van der Waals surface area contributed by atoms with Crippen LogP contribution in [0, 0.1) is 0 Å². The number of halogens is 4. The third kappa shape index (κ3) is 3.00. The van der Waals surface area contributed by atoms with Crippen LogP contribution in [0.4, 0.5) is 18.3 Å². The lowest BCUT2D eigenvalue weighted by Crippen LogP contribution is -2.10. The molecule has 4 nitrogen and oxygen atoms in total. The third-order valence-corrected chi connectivity index (χ3v) is 4.09. The molecule has 0 aliphatic carbocycles. The van der Waals surface area contributed by atoms with Crippen molar-refractivity contribution < 1.29 is 22.4 Å². The molecule has 0 aliphatic rings. The lowest BCUT2D eigenvalue weighted by molar-refractivity contribution is -0.137. The number of thiazole rings is 1. The third-order valence-electron chi connectivity index (χ3n) is 2.73. The van der Waals surface area contributed by atoms with Crippen molar-refractivity contribution in [3.63, 3.8) is 0 Å². The second-order valence-corrected chi connectivity index (χ2v) is 6.07. The summed E-state index contributed by atoms with van der Waals surface area (Å²) >= 11 is 4.04. The van der Waals surface area contributed by atoms with E-state index >= 15 is 0 Å². The van der Waals surface area contributed by atoms with Crippen LogP contribution in [-0.2, 0) is 6.18 Å². The molecule has 0 saturated carbocycles. The summed E-state index contributed by atoms with van der Waals surface area (Å²) in [4.78, 5) is 16.0. The fourth-order valence-corrected chi connectivity index (χ4v) is 2.96. The van der Waals surface area contributed by atoms with Crippen molar-refractivity contribution in [2.45, 2.75) is 6.18 Å². The van der Waals surface area contributed by atoms with Gasteiger partial charge in [-0.1, -0.05) is 11.3 Å². The first-order valence-electron chi connectivity index (χ1n) is 5.87. The van der Waals surface area contributed by atoms with Crippen LogP contribution < -0.4 is 5.32 Å². The van der Waals surface area contributed by atoms with E-state index in [0.29, 0.717) is 14.9 Å². The van der Waals surface area contributed by atoms with Crippen molar-refractivity contribution in [1.82, 2.24) is 4.98 Å². The molecule has 114 valence electrons. The Morgan fingerprint density at radius 1 is 1.27 bits per heavy atom. The number of carbonyl (C=O) groups is 1. The Bertz CT molecular complexity index is 856. The molecule has 3 aromatic rings. The van der Waals surface area contributed by atoms with Gasteiger partial charge in [-0.25, -0.2) is 4.98 Å². The molecule has 0 aliphatic heterocycles. The molecular formula is C13H6BrF3N2O2S. The predicted octanol–water partition coefficient (Wildman–Crippen LogP) is 4.92. The number of nitrogens with one attached hydrogen (secondary N) is 1. The first-order chi connectivity index (χ1) is 10.3. The number of nitrogens with zero attached hydrogens (tertiary/aromatic N) is 1. The number of hydrogen-bond acceptors (Lipinski definition) is 4. The summed E-state index contributed by atoms with van der Waals surface area (Å²) in [5, 5.41) is 2.69. The summed E-state index contributed by atoms with van der Waals surface area (Å²) in [6, 6.07) is 6.26. The Labute approximate surface area is 134 Å². The second kappa shape index (κ2) is 5.40. The first kappa shape index (κ1) is 15.0. The SMILES string of the molecule is O=C(Nc1nc2ccc(C(F)(F)F)cc2s1)c1ccc(Br)o1. The van der Waals surface area contributed by atoms with Crippen molar-refractivity contribution in [3.8, 4) is 0 Å². The van der Waals surface area contributed by atoms with Crippen LogP contribution in [-0.4, -0.2) is 10.9 Å². The van der Waals surface area contributed by atoms with Gasteiger partial charge in [0.25, 0.3) is 5.91 Å². The van der Waals surface area contributed by atoms with Gasteiger partial charge in [0, 0.05) is 0 Å². The average molecular weight is 391 g/mol. The number of furan rings is 1. The van der Waals surface area contributed by atoms with Crippen LogP contribution in [0.15, 0.2) is 39.4 Å². The van der Waals surface area contributed by atoms with E-state index in [1.807, 2.05) is 0 Å². The van der Waals surface area contributed by atoms with E-state index < -0.39 is 17.6 Å². The zero-order chi connectivity index (χ0) is 15.9. The van der Waals surface area contributed by atoms with Crippen LogP contribution in [0.3, 0.4) is 0 Å². The Balaban J connectivity index is 1.87. The maximum absolute atomic E-state index is 12.7. The molecular weight excluding hydrogens is 385 g/mol. The number of benzene rings is 1. The molecule has 0 bridgehead atoms. The summed E-state index contributed by atoms with van der Waals surface area (Å²) in [5.74, 6) is -0.456. The van der Waals surface area contributed by atoms with E-state index in [1.165, 1.54) is 12.1 Å². The molecule has 0 fully saturated rings. The van der Waals surface area contributed by atoms with Gasteiger partial charge >= 0.3 is 6.18 Å². The molecule has 1 amide bonds. The molecule has 0 atom stereocenters. The maximum Gasteiger partial charge on any atom is 0.416 e. The molecule has 3 rings (SSSR count). The number of rotatable bonds is 2. The van der Waals surface area contributed by atoms with E-state index in [0.717, 1.165) is 23.5 Å². The molecule has 0 spiro atoms. The van der Waals surface area contributed by atoms with Crippen molar-refractivity contribution in [2.75, 3.05) is 5.32 Å². The van der Waals surface area contributed by atoms with Crippen LogP contribution in [0.25, 0.3) is 10.2 Å². The molecule has 9 heteroatoms. The fraction of sp³-hybridized carbons (Fsp3) is 0.0769. The van der Waals surface area contributed by atoms with E-state index in [9.17, 15) is 18.0 Å². The monoisotopic (exact) mass is 390 g/mol. The summed E-state index contributed by atoms with van der Waals surface area (Å²) in [6.45, 7) is 0. The Morgan fingerprint density at radius 2 is 2.05 bits per heavy atom. The van der Waals surface area contributed by atoms with Crippen molar-refractivity contribution >= 4 is 48.5 Å². The van der Waals surface area contributed by atoms with E-state index in [-0.39, 0.29) is 10.9 Å². The van der Waals surface area contributed by atoms with Crippen LogP contribution in [0.5, 0.6) is 0 Å². The zero-order valence-corrected chi connectivity index (χ0v) is 13.0. The van der Waals surface area contributed by atoms with Gasteiger partial charge in [-0.2, -0.15) is 13.2 Å². The molecule has 2 aromatic heterocycles. The summed E-state index contributed by atoms with van der Waals surface area (Å²) in [6.07, 6.45) is -4.41. The molecule has 0 radical (unpaired) electrons. The fourth-order valence-electron chi connectivity index (χ4n) is 1.75. The number of hydrogen-bond donors (Lipinski definition) is 1. The molecule has 0 saturated heterocycles. The van der Waals surface area contributed by atoms with Gasteiger partial charge in [-0.05, 0) is 46.3 Å². The highest BCUT2D eigenvalue weighted by molar-refractivity contribution is 9.10. The lowest BCUT2D eigenvalue weighted by Gasteiger charge is -2.04. The quantitative estimate of drug-likeness (QED) is 0.675. The highest BCUT2D eigenvalue weighted by atomic mass is 79.9. The normalized spacial score (nSPS) is 11.8. The maximum atomic E-state index is 12.7. The van der Waals surface area contributed by atoms with Crippen LogP contribution >= 0.6 is 27.3 Å². The van der Waals surface area contributed by atoms with Gasteiger partial charge < -0.3 is 4.42 Å². The summed E-state index contributed by atoms with van der Waals surface area (Å²) in [5.41, 5.74) is -0.370. The highest BCUT2D eigenvalue weighted by Gasteiger charge is 2.30. The van der Waals surface area contributed by atoms with Gasteiger partial charge in [0.2, 0.25) is 0 Å². The van der Waals surface area contributed by atoms with Gasteiger partial charge in [-0.15, -0.1) is 0 Å². The summed E-state index contributed by atoms with van der Waals surface area (Å²) < 4.78 is 43.8. The Kier molecular flexibility index (Phi) is 3.69. The lowest BCUT2D eigenvalue weighted by atomic mass is 10.2.